The van der Waals surface area contributed by atoms with E-state index in [0.29, 0.717) is 0 Å². The van der Waals surface area contributed by atoms with Gasteiger partial charge in [-0.1, -0.05) is 5.21 Å². The molecule has 1 aromatic heterocycles. The molecule has 0 unspecified atom stereocenters. The molecule has 0 saturated heterocycles. The van der Waals surface area contributed by atoms with Crippen LogP contribution in [0.4, 0.5) is 0 Å². The molecular weight excluding hydrogens is 200 g/mol. The van der Waals surface area contributed by atoms with Gasteiger partial charge in [0.1, 0.15) is 12.1 Å². The number of carboxylic acids is 1. The van der Waals surface area contributed by atoms with Gasteiger partial charge in [-0.3, -0.25) is 4.79 Å². The molecule has 0 fully saturated rings. The predicted octanol–water partition coefficient (Wildman–Crippen LogP) is -0.743. The Balaban J connectivity index is 2.53. The molecule has 1 heterocycles. The van der Waals surface area contributed by atoms with Crippen LogP contribution in [0, 0.1) is 0 Å². The molecule has 0 spiro atoms. The van der Waals surface area contributed by atoms with Crippen LogP contribution in [-0.4, -0.2) is 37.5 Å². The van der Waals surface area contributed by atoms with Gasteiger partial charge in [0.05, 0.1) is 6.20 Å². The molecule has 0 radical (unpaired) electrons. The van der Waals surface area contributed by atoms with E-state index in [1.807, 2.05) is 0 Å². The Kier molecular flexibility index (Phi) is 3.03. The highest BCUT2D eigenvalue weighted by molar-refractivity contribution is 5.86. The molecule has 0 saturated carbocycles. The van der Waals surface area contributed by atoms with E-state index in [2.05, 4.69) is 15.6 Å². The summed E-state index contributed by atoms with van der Waals surface area (Å²) in [4.78, 5) is 22.1. The lowest BCUT2D eigenvalue weighted by molar-refractivity contribution is -0.146. The Hall–Kier alpha value is -1.92. The van der Waals surface area contributed by atoms with Crippen LogP contribution in [0.3, 0.4) is 0 Å². The molecule has 7 heteroatoms. The van der Waals surface area contributed by atoms with Gasteiger partial charge in [-0.05, 0) is 13.8 Å². The fourth-order valence-electron chi connectivity index (χ4n) is 0.906. The van der Waals surface area contributed by atoms with E-state index < -0.39 is 17.4 Å². The summed E-state index contributed by atoms with van der Waals surface area (Å²) in [6.45, 7) is 2.78. The van der Waals surface area contributed by atoms with Crippen molar-refractivity contribution in [3.05, 3.63) is 12.4 Å². The zero-order chi connectivity index (χ0) is 11.5. The molecular formula is C8H12N4O3. The number of hydrogen-bond acceptors (Lipinski definition) is 4. The number of amides is 1. The average Bonchev–Trinajstić information content (AvgIpc) is 2.54. The fraction of sp³-hybridized carbons (Fsp3) is 0.500. The van der Waals surface area contributed by atoms with Crippen LogP contribution in [0.15, 0.2) is 12.4 Å². The maximum Gasteiger partial charge on any atom is 0.328 e. The first kappa shape index (κ1) is 11.2. The molecule has 82 valence electrons. The summed E-state index contributed by atoms with van der Waals surface area (Å²) in [5, 5.41) is 18.2. The van der Waals surface area contributed by atoms with Gasteiger partial charge < -0.3 is 10.4 Å². The standard InChI is InChI=1S/C8H12N4O3/c1-8(2,7(14)15)10-6(13)5-12-4-3-9-11-12/h3-4H,5H2,1-2H3,(H,10,13)(H,14,15). The van der Waals surface area contributed by atoms with Crippen LogP contribution in [0.1, 0.15) is 13.8 Å². The van der Waals surface area contributed by atoms with Gasteiger partial charge in [-0.2, -0.15) is 0 Å². The van der Waals surface area contributed by atoms with Crippen LogP contribution in [-0.2, 0) is 16.1 Å². The third-order valence-corrected chi connectivity index (χ3v) is 1.76. The Bertz CT molecular complexity index is 358. The fourth-order valence-corrected chi connectivity index (χ4v) is 0.906. The zero-order valence-corrected chi connectivity index (χ0v) is 8.47. The highest BCUT2D eigenvalue weighted by Crippen LogP contribution is 2.01. The topological polar surface area (TPSA) is 97.1 Å². The molecule has 0 atom stereocenters. The first-order chi connectivity index (χ1) is 6.92. The van der Waals surface area contributed by atoms with Crippen LogP contribution >= 0.6 is 0 Å². The minimum absolute atomic E-state index is 0.0449. The molecule has 2 N–H and O–H groups in total. The number of hydrogen-bond donors (Lipinski definition) is 2. The third-order valence-electron chi connectivity index (χ3n) is 1.76. The predicted molar refractivity (Wildman–Crippen MR) is 49.9 cm³/mol. The summed E-state index contributed by atoms with van der Waals surface area (Å²) in [6.07, 6.45) is 2.96. The van der Waals surface area contributed by atoms with Crippen LogP contribution < -0.4 is 5.32 Å². The quantitative estimate of drug-likeness (QED) is 0.685. The second kappa shape index (κ2) is 4.07. The smallest absolute Gasteiger partial charge is 0.328 e. The third kappa shape index (κ3) is 3.04. The summed E-state index contributed by atoms with van der Waals surface area (Å²) >= 11 is 0. The number of nitrogens with zero attached hydrogens (tertiary/aromatic N) is 3. The van der Waals surface area contributed by atoms with E-state index in [1.165, 1.54) is 30.9 Å². The normalized spacial score (nSPS) is 11.1. The lowest BCUT2D eigenvalue weighted by atomic mass is 10.1. The van der Waals surface area contributed by atoms with Crippen LogP contribution in [0.25, 0.3) is 0 Å². The van der Waals surface area contributed by atoms with Crippen molar-refractivity contribution in [2.75, 3.05) is 0 Å². The van der Waals surface area contributed by atoms with E-state index in [1.54, 1.807) is 0 Å². The first-order valence-electron chi connectivity index (χ1n) is 4.30. The minimum Gasteiger partial charge on any atom is -0.480 e. The summed E-state index contributed by atoms with van der Waals surface area (Å²) in [7, 11) is 0. The van der Waals surface area contributed by atoms with Gasteiger partial charge >= 0.3 is 5.97 Å². The molecule has 7 nitrogen and oxygen atoms in total. The highest BCUT2D eigenvalue weighted by Gasteiger charge is 2.28. The summed E-state index contributed by atoms with van der Waals surface area (Å²) in [6, 6.07) is 0. The summed E-state index contributed by atoms with van der Waals surface area (Å²) < 4.78 is 1.31. The van der Waals surface area contributed by atoms with E-state index in [0.717, 1.165) is 0 Å². The van der Waals surface area contributed by atoms with Crippen molar-refractivity contribution in [3.63, 3.8) is 0 Å². The van der Waals surface area contributed by atoms with Crippen LogP contribution in [0.5, 0.6) is 0 Å². The Labute approximate surface area is 86.1 Å². The second-order valence-electron chi connectivity index (χ2n) is 3.58. The molecule has 0 aliphatic heterocycles. The monoisotopic (exact) mass is 212 g/mol. The van der Waals surface area contributed by atoms with Gasteiger partial charge in [-0.25, -0.2) is 9.48 Å². The number of nitrogens with one attached hydrogen (secondary N) is 1. The van der Waals surface area contributed by atoms with Gasteiger partial charge in [0.25, 0.3) is 0 Å². The number of carboxylic acid groups (broad SMARTS) is 1. The summed E-state index contributed by atoms with van der Waals surface area (Å²) in [5.41, 5.74) is -1.28. The van der Waals surface area contributed by atoms with Crippen molar-refractivity contribution >= 4 is 11.9 Å². The SMILES string of the molecule is CC(C)(NC(=O)Cn1ccnn1)C(=O)O. The van der Waals surface area contributed by atoms with Crippen molar-refractivity contribution < 1.29 is 14.7 Å². The van der Waals surface area contributed by atoms with Gasteiger partial charge in [-0.15, -0.1) is 5.10 Å². The van der Waals surface area contributed by atoms with Gasteiger partial charge in [0, 0.05) is 6.20 Å². The van der Waals surface area contributed by atoms with Crippen molar-refractivity contribution in [3.8, 4) is 0 Å². The number of aliphatic carboxylic acids is 1. The number of aromatic nitrogens is 3. The van der Waals surface area contributed by atoms with E-state index in [-0.39, 0.29) is 6.54 Å². The lowest BCUT2D eigenvalue weighted by Crippen LogP contribution is -2.50. The molecule has 0 bridgehead atoms. The molecule has 1 amide bonds. The van der Waals surface area contributed by atoms with E-state index in [9.17, 15) is 9.59 Å². The number of carbonyl (C=O) groups excluding carboxylic acids is 1. The Morgan fingerprint density at radius 3 is 2.67 bits per heavy atom. The maximum absolute atomic E-state index is 11.4. The lowest BCUT2D eigenvalue weighted by Gasteiger charge is -2.20. The first-order valence-corrected chi connectivity index (χ1v) is 4.30. The number of carbonyl (C=O) groups is 2. The minimum atomic E-state index is -1.28. The Morgan fingerprint density at radius 1 is 1.53 bits per heavy atom. The molecule has 1 rings (SSSR count). The van der Waals surface area contributed by atoms with Gasteiger partial charge in [0.2, 0.25) is 5.91 Å². The maximum atomic E-state index is 11.4. The van der Waals surface area contributed by atoms with Crippen LogP contribution in [0.2, 0.25) is 0 Å². The Morgan fingerprint density at radius 2 is 2.20 bits per heavy atom. The average molecular weight is 212 g/mol. The number of rotatable bonds is 4. The van der Waals surface area contributed by atoms with Crippen molar-refractivity contribution in [1.29, 1.82) is 0 Å². The second-order valence-corrected chi connectivity index (χ2v) is 3.58. The van der Waals surface area contributed by atoms with Crippen molar-refractivity contribution in [2.24, 2.45) is 0 Å². The zero-order valence-electron chi connectivity index (χ0n) is 8.47. The van der Waals surface area contributed by atoms with E-state index >= 15 is 0 Å². The van der Waals surface area contributed by atoms with Gasteiger partial charge in [0.15, 0.2) is 0 Å². The summed E-state index contributed by atoms with van der Waals surface area (Å²) in [5.74, 6) is -1.51. The highest BCUT2D eigenvalue weighted by atomic mass is 16.4. The largest absolute Gasteiger partial charge is 0.480 e. The van der Waals surface area contributed by atoms with Crippen molar-refractivity contribution in [2.45, 2.75) is 25.9 Å². The van der Waals surface area contributed by atoms with E-state index in [4.69, 9.17) is 5.11 Å². The molecule has 0 aromatic carbocycles. The molecule has 15 heavy (non-hydrogen) atoms. The molecule has 1 aromatic rings. The van der Waals surface area contributed by atoms with Crippen molar-refractivity contribution in [1.82, 2.24) is 20.3 Å². The molecule has 0 aliphatic carbocycles. The molecule has 0 aliphatic rings.